The topological polar surface area (TPSA) is 92.3 Å². The molecule has 2 heterocycles. The van der Waals surface area contributed by atoms with E-state index in [1.165, 1.54) is 12.3 Å². The molecule has 7 nitrogen and oxygen atoms in total. The van der Waals surface area contributed by atoms with Crippen molar-refractivity contribution in [1.29, 1.82) is 0 Å². The van der Waals surface area contributed by atoms with E-state index < -0.39 is 23.0 Å². The molecule has 0 radical (unpaired) electrons. The van der Waals surface area contributed by atoms with Crippen LogP contribution in [0.25, 0.3) is 10.9 Å². The van der Waals surface area contributed by atoms with Gasteiger partial charge in [-0.05, 0) is 36.6 Å². The van der Waals surface area contributed by atoms with Crippen molar-refractivity contribution in [2.45, 2.75) is 25.6 Å². The van der Waals surface area contributed by atoms with Gasteiger partial charge in [-0.15, -0.1) is 0 Å². The van der Waals surface area contributed by atoms with Gasteiger partial charge in [0.15, 0.2) is 0 Å². The fourth-order valence-electron chi connectivity index (χ4n) is 3.81. The fraction of sp³-hybridized carbons (Fsp3) is 0.500. The summed E-state index contributed by atoms with van der Waals surface area (Å²) >= 11 is -2.37. The first-order chi connectivity index (χ1) is 13.8. The van der Waals surface area contributed by atoms with Crippen LogP contribution in [0.15, 0.2) is 30.5 Å². The molecule has 1 aromatic carbocycles. The first kappa shape index (κ1) is 21.9. The average Bonchev–Trinajstić information content (AvgIpc) is 2.65. The van der Waals surface area contributed by atoms with Crippen LogP contribution >= 0.6 is 0 Å². The van der Waals surface area contributed by atoms with E-state index in [2.05, 4.69) is 32.4 Å². The van der Waals surface area contributed by atoms with Gasteiger partial charge in [-0.1, -0.05) is 6.92 Å². The molecule has 1 unspecified atom stereocenters. The molecular formula is C18H23F3N5O2S-. The highest BCUT2D eigenvalue weighted by atomic mass is 32.2. The third kappa shape index (κ3) is 5.64. The largest absolute Gasteiger partial charge is 0.759 e. The average molecular weight is 430 g/mol. The molecule has 0 saturated carbocycles. The van der Waals surface area contributed by atoms with Crippen molar-refractivity contribution in [2.75, 3.05) is 31.1 Å². The highest BCUT2D eigenvalue weighted by Gasteiger charge is 2.34. The van der Waals surface area contributed by atoms with Gasteiger partial charge in [0.05, 0.1) is 11.1 Å². The van der Waals surface area contributed by atoms with Gasteiger partial charge < -0.3 is 14.8 Å². The number of pyridine rings is 1. The van der Waals surface area contributed by atoms with E-state index in [1.54, 1.807) is 12.1 Å². The Labute approximate surface area is 169 Å². The SMILES string of the molecule is C[C@H]1C[C@@H](NCCNNS(=O)[O-])CN(c2ccc(C(F)(F)F)c3ncccc23)C1. The minimum Gasteiger partial charge on any atom is -0.759 e. The van der Waals surface area contributed by atoms with Gasteiger partial charge in [0.2, 0.25) is 0 Å². The Morgan fingerprint density at radius 2 is 2.07 bits per heavy atom. The van der Waals surface area contributed by atoms with Gasteiger partial charge in [0.25, 0.3) is 0 Å². The summed E-state index contributed by atoms with van der Waals surface area (Å²) in [7, 11) is 0. The number of anilines is 1. The Morgan fingerprint density at radius 3 is 2.79 bits per heavy atom. The number of rotatable bonds is 7. The number of benzene rings is 1. The van der Waals surface area contributed by atoms with Crippen LogP contribution in [-0.2, 0) is 17.4 Å². The molecule has 0 amide bonds. The van der Waals surface area contributed by atoms with E-state index in [0.717, 1.165) is 24.7 Å². The number of hydrogen-bond acceptors (Lipinski definition) is 6. The van der Waals surface area contributed by atoms with Gasteiger partial charge >= 0.3 is 6.18 Å². The quantitative estimate of drug-likeness (QED) is 0.353. The maximum atomic E-state index is 13.4. The standard InChI is InChI=1S/C18H24F3N5O2S/c1-12-9-13(22-7-8-24-25-29(27)28)11-26(10-12)16-5-4-15(18(19,20)21)17-14(16)3-2-6-23-17/h2-6,12-13,22,24-25H,7-11H2,1H3,(H,27,28)/p-1/t12-,13+/m0/s1. The number of hydrogen-bond donors (Lipinski definition) is 3. The first-order valence-corrected chi connectivity index (χ1v) is 10.3. The van der Waals surface area contributed by atoms with Gasteiger partial charge in [0.1, 0.15) is 0 Å². The van der Waals surface area contributed by atoms with Gasteiger partial charge in [-0.2, -0.15) is 18.0 Å². The molecule has 3 atom stereocenters. The molecule has 1 saturated heterocycles. The second-order valence-corrected chi connectivity index (χ2v) is 7.86. The maximum Gasteiger partial charge on any atom is 0.418 e. The molecule has 0 aliphatic carbocycles. The van der Waals surface area contributed by atoms with Gasteiger partial charge in [0, 0.05) is 60.8 Å². The zero-order valence-electron chi connectivity index (χ0n) is 15.8. The van der Waals surface area contributed by atoms with E-state index in [4.69, 9.17) is 0 Å². The molecule has 29 heavy (non-hydrogen) atoms. The van der Waals surface area contributed by atoms with Crippen LogP contribution in [0.3, 0.4) is 0 Å². The molecule has 11 heteroatoms. The summed E-state index contributed by atoms with van der Waals surface area (Å²) in [5, 5.41) is 3.85. The zero-order chi connectivity index (χ0) is 21.0. The number of hydrazine groups is 1. The first-order valence-electron chi connectivity index (χ1n) is 9.26. The fourth-order valence-corrected chi connectivity index (χ4v) is 4.03. The Balaban J connectivity index is 1.76. The molecule has 3 rings (SSSR count). The van der Waals surface area contributed by atoms with E-state index in [-0.39, 0.29) is 11.6 Å². The van der Waals surface area contributed by atoms with Crippen molar-refractivity contribution in [3.63, 3.8) is 0 Å². The molecule has 160 valence electrons. The normalized spacial score (nSPS) is 21.5. The van der Waals surface area contributed by atoms with Crippen LogP contribution in [0, 0.1) is 5.92 Å². The molecule has 1 aromatic heterocycles. The molecule has 0 bridgehead atoms. The second-order valence-electron chi connectivity index (χ2n) is 7.19. The van der Waals surface area contributed by atoms with Crippen LogP contribution in [0.4, 0.5) is 18.9 Å². The number of halogens is 3. The van der Waals surface area contributed by atoms with Crippen LogP contribution in [0.5, 0.6) is 0 Å². The molecule has 0 spiro atoms. The summed E-state index contributed by atoms with van der Waals surface area (Å²) < 4.78 is 60.9. The number of fused-ring (bicyclic) bond motifs is 1. The lowest BCUT2D eigenvalue weighted by Gasteiger charge is -2.39. The Hall–Kier alpha value is -1.79. The molecule has 1 aliphatic rings. The van der Waals surface area contributed by atoms with Gasteiger partial charge in [-0.3, -0.25) is 9.19 Å². The number of aromatic nitrogens is 1. The van der Waals surface area contributed by atoms with Gasteiger partial charge in [-0.25, -0.2) is 5.43 Å². The van der Waals surface area contributed by atoms with Crippen LogP contribution in [0.2, 0.25) is 0 Å². The Bertz CT molecular complexity index is 867. The molecule has 2 aromatic rings. The second kappa shape index (κ2) is 9.35. The molecular weight excluding hydrogens is 407 g/mol. The minimum absolute atomic E-state index is 0.0406. The van der Waals surface area contributed by atoms with Crippen molar-refractivity contribution in [3.8, 4) is 0 Å². The summed E-state index contributed by atoms with van der Waals surface area (Å²) in [6, 6.07) is 6.08. The lowest BCUT2D eigenvalue weighted by atomic mass is 9.94. The van der Waals surface area contributed by atoms with Crippen molar-refractivity contribution in [1.82, 2.24) is 20.6 Å². The van der Waals surface area contributed by atoms with E-state index in [9.17, 15) is 21.9 Å². The monoisotopic (exact) mass is 430 g/mol. The lowest BCUT2D eigenvalue weighted by Crippen LogP contribution is -2.50. The predicted octanol–water partition coefficient (Wildman–Crippen LogP) is 1.95. The third-order valence-electron chi connectivity index (χ3n) is 4.89. The molecule has 3 N–H and O–H groups in total. The summed E-state index contributed by atoms with van der Waals surface area (Å²) in [6.07, 6.45) is -2.16. The number of nitrogens with zero attached hydrogens (tertiary/aromatic N) is 2. The van der Waals surface area contributed by atoms with Crippen LogP contribution in [0.1, 0.15) is 18.9 Å². The minimum atomic E-state index is -4.46. The van der Waals surface area contributed by atoms with Crippen LogP contribution in [-0.4, -0.2) is 46.0 Å². The van der Waals surface area contributed by atoms with Crippen molar-refractivity contribution < 1.29 is 21.9 Å². The number of nitrogens with one attached hydrogen (secondary N) is 3. The van der Waals surface area contributed by atoms with Crippen molar-refractivity contribution >= 4 is 27.9 Å². The zero-order valence-corrected chi connectivity index (χ0v) is 16.6. The lowest BCUT2D eigenvalue weighted by molar-refractivity contribution is -0.136. The van der Waals surface area contributed by atoms with Crippen molar-refractivity contribution in [3.05, 3.63) is 36.0 Å². The smallest absolute Gasteiger partial charge is 0.418 e. The Kier molecular flexibility index (Phi) is 7.06. The summed E-state index contributed by atoms with van der Waals surface area (Å²) in [6.45, 7) is 4.44. The third-order valence-corrected chi connectivity index (χ3v) is 5.20. The number of alkyl halides is 3. The summed E-state index contributed by atoms with van der Waals surface area (Å²) in [5.41, 5.74) is 2.54. The van der Waals surface area contributed by atoms with Crippen molar-refractivity contribution in [2.24, 2.45) is 5.92 Å². The van der Waals surface area contributed by atoms with E-state index in [1.807, 2.05) is 0 Å². The predicted molar refractivity (Wildman–Crippen MR) is 105 cm³/mol. The highest BCUT2D eigenvalue weighted by Crippen LogP contribution is 2.38. The van der Waals surface area contributed by atoms with E-state index in [0.29, 0.717) is 30.9 Å². The van der Waals surface area contributed by atoms with E-state index >= 15 is 0 Å². The van der Waals surface area contributed by atoms with Crippen LogP contribution < -0.4 is 20.5 Å². The summed E-state index contributed by atoms with van der Waals surface area (Å²) in [4.78, 5) is 8.17. The number of piperidine rings is 1. The maximum absolute atomic E-state index is 13.4. The molecule has 1 aliphatic heterocycles. The highest BCUT2D eigenvalue weighted by molar-refractivity contribution is 7.76. The molecule has 1 fully saturated rings. The summed E-state index contributed by atoms with van der Waals surface area (Å²) in [5.74, 6) is 0.343. The Morgan fingerprint density at radius 1 is 1.28 bits per heavy atom.